The van der Waals surface area contributed by atoms with Gasteiger partial charge < -0.3 is 15.5 Å². The molecule has 0 atom stereocenters. The highest BCUT2D eigenvalue weighted by atomic mass is 16.2. The molecule has 0 bridgehead atoms. The summed E-state index contributed by atoms with van der Waals surface area (Å²) in [6.07, 6.45) is 1.28. The molecule has 3 amide bonds. The number of amides is 3. The van der Waals surface area contributed by atoms with Gasteiger partial charge in [0.1, 0.15) is 0 Å². The fourth-order valence-electron chi connectivity index (χ4n) is 1.28. The third kappa shape index (κ3) is 2.21. The second-order valence-electron chi connectivity index (χ2n) is 2.85. The molecule has 0 radical (unpaired) electrons. The van der Waals surface area contributed by atoms with Gasteiger partial charge >= 0.3 is 6.03 Å². The van der Waals surface area contributed by atoms with Crippen LogP contribution in [0.15, 0.2) is 12.7 Å². The molecule has 0 spiro atoms. The van der Waals surface area contributed by atoms with E-state index in [9.17, 15) is 9.59 Å². The van der Waals surface area contributed by atoms with Gasteiger partial charge in [0, 0.05) is 26.2 Å². The van der Waals surface area contributed by atoms with Gasteiger partial charge in [-0.05, 0) is 6.08 Å². The summed E-state index contributed by atoms with van der Waals surface area (Å²) in [5.41, 5.74) is 5.08. The molecule has 72 valence electrons. The number of nitrogens with zero attached hydrogens (tertiary/aromatic N) is 2. The van der Waals surface area contributed by atoms with Crippen LogP contribution >= 0.6 is 0 Å². The number of carbonyl (C=O) groups excluding carboxylic acids is 2. The van der Waals surface area contributed by atoms with E-state index in [4.69, 9.17) is 5.73 Å². The largest absolute Gasteiger partial charge is 0.351 e. The van der Waals surface area contributed by atoms with Gasteiger partial charge in [-0.15, -0.1) is 0 Å². The molecule has 2 N–H and O–H groups in total. The molecule has 5 nitrogen and oxygen atoms in total. The number of primary amides is 1. The Hall–Kier alpha value is -1.52. The number of nitrogens with two attached hydrogens (primary N) is 1. The number of hydrogen-bond acceptors (Lipinski definition) is 2. The van der Waals surface area contributed by atoms with E-state index in [-0.39, 0.29) is 5.91 Å². The van der Waals surface area contributed by atoms with Crippen LogP contribution in [0.25, 0.3) is 0 Å². The van der Waals surface area contributed by atoms with Gasteiger partial charge in [-0.1, -0.05) is 6.58 Å². The van der Waals surface area contributed by atoms with Crippen molar-refractivity contribution in [3.8, 4) is 0 Å². The molecule has 0 aliphatic carbocycles. The second-order valence-corrected chi connectivity index (χ2v) is 2.85. The summed E-state index contributed by atoms with van der Waals surface area (Å²) in [5.74, 6) is -0.0934. The standard InChI is InChI=1S/C8H13N3O2/c1-2-7(12)10-3-5-11(6-4-10)8(9)13/h2H,1,3-6H2,(H2,9,13). The lowest BCUT2D eigenvalue weighted by atomic mass is 10.3. The van der Waals surface area contributed by atoms with Crippen LogP contribution in [-0.2, 0) is 4.79 Å². The molecule has 0 aromatic rings. The maximum Gasteiger partial charge on any atom is 0.314 e. The van der Waals surface area contributed by atoms with Crippen molar-refractivity contribution in [2.24, 2.45) is 5.73 Å². The maximum atomic E-state index is 11.1. The lowest BCUT2D eigenvalue weighted by molar-refractivity contribution is -0.127. The van der Waals surface area contributed by atoms with E-state index in [0.717, 1.165) is 0 Å². The highest BCUT2D eigenvalue weighted by Gasteiger charge is 2.20. The van der Waals surface area contributed by atoms with Crippen LogP contribution in [0.3, 0.4) is 0 Å². The number of piperazine rings is 1. The monoisotopic (exact) mass is 183 g/mol. The van der Waals surface area contributed by atoms with Gasteiger partial charge in [-0.2, -0.15) is 0 Å². The molecule has 1 aliphatic rings. The molecule has 1 saturated heterocycles. The maximum absolute atomic E-state index is 11.1. The SMILES string of the molecule is C=CC(=O)N1CCN(C(N)=O)CC1. The van der Waals surface area contributed by atoms with Crippen LogP contribution in [0.1, 0.15) is 0 Å². The first kappa shape index (κ1) is 9.57. The van der Waals surface area contributed by atoms with Crippen molar-refractivity contribution in [2.75, 3.05) is 26.2 Å². The highest BCUT2D eigenvalue weighted by Crippen LogP contribution is 2.01. The van der Waals surface area contributed by atoms with E-state index < -0.39 is 6.03 Å². The smallest absolute Gasteiger partial charge is 0.314 e. The molecule has 1 fully saturated rings. The van der Waals surface area contributed by atoms with E-state index in [1.807, 2.05) is 0 Å². The minimum atomic E-state index is -0.425. The van der Waals surface area contributed by atoms with Gasteiger partial charge in [-0.25, -0.2) is 4.79 Å². The van der Waals surface area contributed by atoms with E-state index >= 15 is 0 Å². The minimum absolute atomic E-state index is 0.0934. The van der Waals surface area contributed by atoms with Gasteiger partial charge in [0.2, 0.25) is 5.91 Å². The summed E-state index contributed by atoms with van der Waals surface area (Å²) in [6, 6.07) is -0.425. The van der Waals surface area contributed by atoms with Gasteiger partial charge in [0.15, 0.2) is 0 Å². The van der Waals surface area contributed by atoms with Crippen LogP contribution in [-0.4, -0.2) is 47.9 Å². The zero-order valence-electron chi connectivity index (χ0n) is 7.40. The Labute approximate surface area is 76.8 Å². The summed E-state index contributed by atoms with van der Waals surface area (Å²) < 4.78 is 0. The molecule has 13 heavy (non-hydrogen) atoms. The van der Waals surface area contributed by atoms with Crippen LogP contribution in [0.2, 0.25) is 0 Å². The third-order valence-corrected chi connectivity index (χ3v) is 2.08. The normalized spacial score (nSPS) is 16.9. The zero-order chi connectivity index (χ0) is 9.84. The fraction of sp³-hybridized carbons (Fsp3) is 0.500. The highest BCUT2D eigenvalue weighted by molar-refractivity contribution is 5.87. The van der Waals surface area contributed by atoms with E-state index in [1.54, 1.807) is 4.90 Å². The molecule has 1 heterocycles. The first-order valence-corrected chi connectivity index (χ1v) is 4.11. The number of rotatable bonds is 1. The molecule has 0 aromatic carbocycles. The van der Waals surface area contributed by atoms with Crippen LogP contribution in [0.5, 0.6) is 0 Å². The quantitative estimate of drug-likeness (QED) is 0.551. The third-order valence-electron chi connectivity index (χ3n) is 2.08. The van der Waals surface area contributed by atoms with Crippen LogP contribution in [0.4, 0.5) is 4.79 Å². The fourth-order valence-corrected chi connectivity index (χ4v) is 1.28. The minimum Gasteiger partial charge on any atom is -0.351 e. The Morgan fingerprint density at radius 1 is 1.15 bits per heavy atom. The Morgan fingerprint density at radius 3 is 2.00 bits per heavy atom. The average Bonchev–Trinajstić information content (AvgIpc) is 2.17. The van der Waals surface area contributed by atoms with Crippen molar-refractivity contribution < 1.29 is 9.59 Å². The number of carbonyl (C=O) groups is 2. The summed E-state index contributed by atoms with van der Waals surface area (Å²) in [5, 5.41) is 0. The summed E-state index contributed by atoms with van der Waals surface area (Å²) in [7, 11) is 0. The molecule has 0 unspecified atom stereocenters. The molecule has 1 aliphatic heterocycles. The first-order chi connectivity index (χ1) is 6.15. The Balaban J connectivity index is 2.43. The second kappa shape index (κ2) is 3.93. The first-order valence-electron chi connectivity index (χ1n) is 4.11. The average molecular weight is 183 g/mol. The van der Waals surface area contributed by atoms with E-state index in [1.165, 1.54) is 11.0 Å². The van der Waals surface area contributed by atoms with Crippen molar-refractivity contribution in [1.29, 1.82) is 0 Å². The van der Waals surface area contributed by atoms with Crippen molar-refractivity contribution in [3.63, 3.8) is 0 Å². The zero-order valence-corrected chi connectivity index (χ0v) is 7.40. The van der Waals surface area contributed by atoms with Crippen molar-refractivity contribution in [1.82, 2.24) is 9.80 Å². The predicted molar refractivity (Wildman–Crippen MR) is 47.9 cm³/mol. The predicted octanol–water partition coefficient (Wildman–Crippen LogP) is -0.605. The lowest BCUT2D eigenvalue weighted by Crippen LogP contribution is -2.51. The van der Waals surface area contributed by atoms with E-state index in [2.05, 4.69) is 6.58 Å². The van der Waals surface area contributed by atoms with Crippen molar-refractivity contribution in [2.45, 2.75) is 0 Å². The topological polar surface area (TPSA) is 66.6 Å². The Kier molecular flexibility index (Phi) is 2.89. The van der Waals surface area contributed by atoms with Crippen LogP contribution < -0.4 is 5.73 Å². The Morgan fingerprint density at radius 2 is 1.62 bits per heavy atom. The molecule has 5 heteroatoms. The molecular weight excluding hydrogens is 170 g/mol. The number of urea groups is 1. The summed E-state index contributed by atoms with van der Waals surface area (Å²) >= 11 is 0. The molecule has 0 aromatic heterocycles. The molecule has 0 saturated carbocycles. The van der Waals surface area contributed by atoms with Gasteiger partial charge in [0.25, 0.3) is 0 Å². The molecular formula is C8H13N3O2. The number of hydrogen-bond donors (Lipinski definition) is 1. The molecule has 1 rings (SSSR count). The summed E-state index contributed by atoms with van der Waals surface area (Å²) in [4.78, 5) is 25.0. The van der Waals surface area contributed by atoms with Crippen molar-refractivity contribution >= 4 is 11.9 Å². The van der Waals surface area contributed by atoms with Gasteiger partial charge in [-0.3, -0.25) is 4.79 Å². The van der Waals surface area contributed by atoms with E-state index in [0.29, 0.717) is 26.2 Å². The lowest BCUT2D eigenvalue weighted by Gasteiger charge is -2.33. The Bertz CT molecular complexity index is 232. The van der Waals surface area contributed by atoms with Gasteiger partial charge in [0.05, 0.1) is 0 Å². The van der Waals surface area contributed by atoms with Crippen molar-refractivity contribution in [3.05, 3.63) is 12.7 Å². The van der Waals surface area contributed by atoms with Crippen LogP contribution in [0, 0.1) is 0 Å². The summed E-state index contributed by atoms with van der Waals surface area (Å²) in [6.45, 7) is 5.48.